The van der Waals surface area contributed by atoms with Crippen molar-refractivity contribution < 1.29 is 9.53 Å². The highest BCUT2D eigenvalue weighted by atomic mass is 16.5. The number of carbonyl (C=O) groups excluding carboxylic acids is 1. The van der Waals surface area contributed by atoms with Crippen molar-refractivity contribution in [2.45, 2.75) is 26.9 Å². The number of nitrogens with zero attached hydrogens (tertiary/aromatic N) is 3. The van der Waals surface area contributed by atoms with E-state index in [-0.39, 0.29) is 11.8 Å². The zero-order valence-electron chi connectivity index (χ0n) is 14.9. The van der Waals surface area contributed by atoms with Crippen molar-refractivity contribution in [3.8, 4) is 11.6 Å². The van der Waals surface area contributed by atoms with Gasteiger partial charge in [-0.2, -0.15) is 5.10 Å². The maximum atomic E-state index is 12.4. The molecule has 0 spiro atoms. The van der Waals surface area contributed by atoms with Gasteiger partial charge in [-0.25, -0.2) is 4.98 Å². The van der Waals surface area contributed by atoms with Crippen molar-refractivity contribution in [3.63, 3.8) is 0 Å². The van der Waals surface area contributed by atoms with Crippen LogP contribution in [0.25, 0.3) is 0 Å². The number of ether oxygens (including phenoxy) is 1. The molecular weight excluding hydrogens is 328 g/mol. The molecule has 6 nitrogen and oxygen atoms in total. The minimum Gasteiger partial charge on any atom is -0.438 e. The Morgan fingerprint density at radius 3 is 2.81 bits per heavy atom. The van der Waals surface area contributed by atoms with Crippen LogP contribution < -0.4 is 10.1 Å². The molecule has 3 aromatic rings. The lowest BCUT2D eigenvalue weighted by molar-refractivity contribution is -0.125. The van der Waals surface area contributed by atoms with Gasteiger partial charge >= 0.3 is 0 Å². The molecular formula is C20H22N4O2. The highest BCUT2D eigenvalue weighted by Crippen LogP contribution is 2.25. The van der Waals surface area contributed by atoms with E-state index in [2.05, 4.69) is 15.4 Å². The number of benzene rings is 1. The standard InChI is InChI=1S/C20H22N4O2/c1-15-7-3-4-9-18(15)26-20-17(8-5-10-21-20)13-22-19(25)16(2)14-24-12-6-11-23-24/h3-12,16H,13-14H2,1-2H3,(H,22,25)/t16-/m1/s1. The molecule has 0 fully saturated rings. The van der Waals surface area contributed by atoms with Crippen molar-refractivity contribution in [1.29, 1.82) is 0 Å². The third-order valence-corrected chi connectivity index (χ3v) is 4.07. The molecule has 1 amide bonds. The van der Waals surface area contributed by atoms with Crippen LogP contribution in [0.1, 0.15) is 18.1 Å². The molecule has 0 aliphatic carbocycles. The number of aromatic nitrogens is 3. The second kappa shape index (κ2) is 8.29. The molecule has 0 saturated carbocycles. The van der Waals surface area contributed by atoms with Crippen LogP contribution in [0.4, 0.5) is 0 Å². The fraction of sp³-hybridized carbons (Fsp3) is 0.250. The number of nitrogens with one attached hydrogen (secondary N) is 1. The third-order valence-electron chi connectivity index (χ3n) is 4.07. The topological polar surface area (TPSA) is 69.0 Å². The summed E-state index contributed by atoms with van der Waals surface area (Å²) in [6, 6.07) is 13.3. The van der Waals surface area contributed by atoms with Crippen LogP contribution in [0.2, 0.25) is 0 Å². The Kier molecular flexibility index (Phi) is 5.63. The predicted octanol–water partition coefficient (Wildman–Crippen LogP) is 3.33. The zero-order chi connectivity index (χ0) is 18.4. The van der Waals surface area contributed by atoms with E-state index in [1.807, 2.05) is 62.5 Å². The van der Waals surface area contributed by atoms with Gasteiger partial charge in [0.25, 0.3) is 0 Å². The monoisotopic (exact) mass is 350 g/mol. The Morgan fingerprint density at radius 1 is 1.19 bits per heavy atom. The molecule has 0 radical (unpaired) electrons. The van der Waals surface area contributed by atoms with Crippen LogP contribution in [0, 0.1) is 12.8 Å². The molecule has 0 aliphatic rings. The molecule has 134 valence electrons. The molecule has 0 unspecified atom stereocenters. The van der Waals surface area contributed by atoms with Gasteiger partial charge in [-0.3, -0.25) is 9.48 Å². The van der Waals surface area contributed by atoms with Crippen molar-refractivity contribution in [2.75, 3.05) is 0 Å². The van der Waals surface area contributed by atoms with Gasteiger partial charge in [0, 0.05) is 30.7 Å². The smallest absolute Gasteiger partial charge is 0.224 e. The van der Waals surface area contributed by atoms with E-state index < -0.39 is 0 Å². The Bertz CT molecular complexity index is 862. The Balaban J connectivity index is 1.63. The van der Waals surface area contributed by atoms with E-state index in [4.69, 9.17) is 4.74 Å². The van der Waals surface area contributed by atoms with Crippen LogP contribution in [0.5, 0.6) is 11.6 Å². The van der Waals surface area contributed by atoms with Gasteiger partial charge in [0.15, 0.2) is 0 Å². The molecule has 1 aromatic carbocycles. The molecule has 2 heterocycles. The number of carbonyl (C=O) groups is 1. The second-order valence-corrected chi connectivity index (χ2v) is 6.18. The van der Waals surface area contributed by atoms with E-state index >= 15 is 0 Å². The van der Waals surface area contributed by atoms with Gasteiger partial charge in [-0.05, 0) is 30.7 Å². The molecule has 2 aromatic heterocycles. The largest absolute Gasteiger partial charge is 0.438 e. The summed E-state index contributed by atoms with van der Waals surface area (Å²) in [7, 11) is 0. The fourth-order valence-corrected chi connectivity index (χ4v) is 2.55. The quantitative estimate of drug-likeness (QED) is 0.710. The van der Waals surface area contributed by atoms with Gasteiger partial charge in [0.1, 0.15) is 5.75 Å². The van der Waals surface area contributed by atoms with Crippen molar-refractivity contribution >= 4 is 5.91 Å². The average Bonchev–Trinajstić information content (AvgIpc) is 3.15. The van der Waals surface area contributed by atoms with Crippen molar-refractivity contribution in [2.24, 2.45) is 5.92 Å². The highest BCUT2D eigenvalue weighted by Gasteiger charge is 2.15. The maximum absolute atomic E-state index is 12.4. The Morgan fingerprint density at radius 2 is 2.04 bits per heavy atom. The highest BCUT2D eigenvalue weighted by molar-refractivity contribution is 5.78. The van der Waals surface area contributed by atoms with Gasteiger partial charge in [0.2, 0.25) is 11.8 Å². The summed E-state index contributed by atoms with van der Waals surface area (Å²) < 4.78 is 7.69. The first-order valence-electron chi connectivity index (χ1n) is 8.56. The maximum Gasteiger partial charge on any atom is 0.224 e. The first kappa shape index (κ1) is 17.7. The minimum atomic E-state index is -0.188. The summed E-state index contributed by atoms with van der Waals surface area (Å²) in [6.07, 6.45) is 5.23. The summed E-state index contributed by atoms with van der Waals surface area (Å²) in [4.78, 5) is 16.7. The number of rotatable bonds is 7. The molecule has 1 N–H and O–H groups in total. The first-order valence-corrected chi connectivity index (χ1v) is 8.56. The number of amides is 1. The van der Waals surface area contributed by atoms with Gasteiger partial charge in [-0.1, -0.05) is 31.2 Å². The number of hydrogen-bond donors (Lipinski definition) is 1. The summed E-state index contributed by atoms with van der Waals surface area (Å²) in [5.41, 5.74) is 1.86. The van der Waals surface area contributed by atoms with Gasteiger partial charge in [0.05, 0.1) is 12.5 Å². The molecule has 3 rings (SSSR count). The zero-order valence-corrected chi connectivity index (χ0v) is 14.9. The molecule has 1 atom stereocenters. The van der Waals surface area contributed by atoms with E-state index in [1.54, 1.807) is 17.1 Å². The molecule has 0 bridgehead atoms. The fourth-order valence-electron chi connectivity index (χ4n) is 2.55. The number of hydrogen-bond acceptors (Lipinski definition) is 4. The van der Waals surface area contributed by atoms with Crippen LogP contribution in [0.15, 0.2) is 61.1 Å². The van der Waals surface area contributed by atoms with Crippen LogP contribution >= 0.6 is 0 Å². The van der Waals surface area contributed by atoms with E-state index in [0.29, 0.717) is 19.0 Å². The van der Waals surface area contributed by atoms with E-state index in [9.17, 15) is 4.79 Å². The lowest BCUT2D eigenvalue weighted by Gasteiger charge is -2.14. The third kappa shape index (κ3) is 4.47. The SMILES string of the molecule is Cc1ccccc1Oc1ncccc1CNC(=O)[C@H](C)Cn1cccn1. The summed E-state index contributed by atoms with van der Waals surface area (Å²) in [6.45, 7) is 4.76. The van der Waals surface area contributed by atoms with Crippen LogP contribution in [0.3, 0.4) is 0 Å². The molecule has 0 saturated heterocycles. The number of aryl methyl sites for hydroxylation is 1. The van der Waals surface area contributed by atoms with Crippen molar-refractivity contribution in [3.05, 3.63) is 72.2 Å². The lowest BCUT2D eigenvalue weighted by Crippen LogP contribution is -2.31. The summed E-state index contributed by atoms with van der Waals surface area (Å²) in [5.74, 6) is 1.03. The van der Waals surface area contributed by atoms with E-state index in [1.165, 1.54) is 0 Å². The molecule has 26 heavy (non-hydrogen) atoms. The Labute approximate surface area is 152 Å². The van der Waals surface area contributed by atoms with Crippen LogP contribution in [-0.2, 0) is 17.9 Å². The first-order chi connectivity index (χ1) is 12.6. The predicted molar refractivity (Wildman–Crippen MR) is 98.7 cm³/mol. The molecule has 0 aliphatic heterocycles. The summed E-state index contributed by atoms with van der Waals surface area (Å²) >= 11 is 0. The summed E-state index contributed by atoms with van der Waals surface area (Å²) in [5, 5.41) is 7.08. The number of pyridine rings is 1. The van der Waals surface area contributed by atoms with Gasteiger partial charge in [-0.15, -0.1) is 0 Å². The molecule has 6 heteroatoms. The average molecular weight is 350 g/mol. The van der Waals surface area contributed by atoms with Crippen LogP contribution in [-0.4, -0.2) is 20.7 Å². The normalized spacial score (nSPS) is 11.8. The second-order valence-electron chi connectivity index (χ2n) is 6.18. The lowest BCUT2D eigenvalue weighted by atomic mass is 10.1. The van der Waals surface area contributed by atoms with Crippen molar-refractivity contribution in [1.82, 2.24) is 20.1 Å². The Hall–Kier alpha value is -3.15. The number of para-hydroxylation sites is 1. The minimum absolute atomic E-state index is 0.0359. The van der Waals surface area contributed by atoms with Gasteiger partial charge < -0.3 is 10.1 Å². The van der Waals surface area contributed by atoms with E-state index in [0.717, 1.165) is 16.9 Å².